The number of carboxylic acids is 1. The Labute approximate surface area is 131 Å². The number of methoxy groups -OCH3 is 1. The van der Waals surface area contributed by atoms with E-state index in [0.29, 0.717) is 12.8 Å². The molecule has 0 aromatic heterocycles. The molecule has 4 nitrogen and oxygen atoms in total. The lowest BCUT2D eigenvalue weighted by Crippen LogP contribution is -2.34. The molecular formula is C18H24O4. The lowest BCUT2D eigenvalue weighted by atomic mass is 9.85. The Bertz CT molecular complexity index is 568. The summed E-state index contributed by atoms with van der Waals surface area (Å²) < 4.78 is 5.36. The van der Waals surface area contributed by atoms with Gasteiger partial charge in [0.05, 0.1) is 17.9 Å². The smallest absolute Gasteiger partial charge is 0.307 e. The summed E-state index contributed by atoms with van der Waals surface area (Å²) in [7, 11) is 1.55. The second-order valence-electron chi connectivity index (χ2n) is 6.34. The Morgan fingerprint density at radius 3 is 2.27 bits per heavy atom. The number of hydrogen-bond acceptors (Lipinski definition) is 3. The van der Waals surface area contributed by atoms with E-state index in [4.69, 9.17) is 4.74 Å². The van der Waals surface area contributed by atoms with Crippen LogP contribution >= 0.6 is 0 Å². The highest BCUT2D eigenvalue weighted by atomic mass is 16.5. The third kappa shape index (κ3) is 3.22. The van der Waals surface area contributed by atoms with Crippen molar-refractivity contribution < 1.29 is 19.4 Å². The van der Waals surface area contributed by atoms with Crippen molar-refractivity contribution in [3.63, 3.8) is 0 Å². The Hall–Kier alpha value is -1.68. The molecule has 1 N–H and O–H groups in total. The molecule has 3 unspecified atom stereocenters. The maximum atomic E-state index is 12.7. The summed E-state index contributed by atoms with van der Waals surface area (Å²) >= 11 is 0. The third-order valence-corrected chi connectivity index (χ3v) is 4.78. The van der Waals surface area contributed by atoms with E-state index >= 15 is 0 Å². The van der Waals surface area contributed by atoms with Crippen LogP contribution in [0.4, 0.5) is 0 Å². The SMILES string of the molecule is COC1CCC(C(=O)O)C1C(=O)Cc1c(C)cc(C)cc1C. The van der Waals surface area contributed by atoms with E-state index in [1.807, 2.05) is 20.8 Å². The predicted molar refractivity (Wildman–Crippen MR) is 84.0 cm³/mol. The summed E-state index contributed by atoms with van der Waals surface area (Å²) in [6.45, 7) is 6.03. The standard InChI is InChI=1S/C18H24O4/c1-10-7-11(2)14(12(3)8-10)9-15(19)17-13(18(20)21)5-6-16(17)22-4/h7-8,13,16-17H,5-6,9H2,1-4H3,(H,20,21). The number of benzene rings is 1. The van der Waals surface area contributed by atoms with Crippen molar-refractivity contribution in [2.75, 3.05) is 7.11 Å². The summed E-state index contributed by atoms with van der Waals surface area (Å²) in [4.78, 5) is 24.1. The molecule has 1 aromatic carbocycles. The molecule has 0 spiro atoms. The summed E-state index contributed by atoms with van der Waals surface area (Å²) in [5, 5.41) is 9.35. The fourth-order valence-corrected chi connectivity index (χ4v) is 3.72. The molecule has 1 aliphatic rings. The number of rotatable bonds is 5. The molecule has 0 amide bonds. The van der Waals surface area contributed by atoms with Gasteiger partial charge in [-0.05, 0) is 50.3 Å². The maximum Gasteiger partial charge on any atom is 0.307 e. The highest BCUT2D eigenvalue weighted by Gasteiger charge is 2.44. The maximum absolute atomic E-state index is 12.7. The largest absolute Gasteiger partial charge is 0.481 e. The number of carbonyl (C=O) groups excluding carboxylic acids is 1. The van der Waals surface area contributed by atoms with Gasteiger partial charge in [-0.3, -0.25) is 9.59 Å². The van der Waals surface area contributed by atoms with Gasteiger partial charge in [0, 0.05) is 13.5 Å². The van der Waals surface area contributed by atoms with Gasteiger partial charge in [0.25, 0.3) is 0 Å². The zero-order chi connectivity index (χ0) is 16.4. The molecule has 1 fully saturated rings. The Morgan fingerprint density at radius 2 is 1.77 bits per heavy atom. The van der Waals surface area contributed by atoms with Gasteiger partial charge in [-0.1, -0.05) is 17.7 Å². The molecule has 4 heteroatoms. The molecule has 0 saturated heterocycles. The van der Waals surface area contributed by atoms with Crippen LogP contribution in [-0.4, -0.2) is 30.1 Å². The van der Waals surface area contributed by atoms with Gasteiger partial charge in [0.2, 0.25) is 0 Å². The number of carboxylic acid groups (broad SMARTS) is 1. The quantitative estimate of drug-likeness (QED) is 0.908. The van der Waals surface area contributed by atoms with Crippen LogP contribution in [0, 0.1) is 32.6 Å². The van der Waals surface area contributed by atoms with Gasteiger partial charge in [0.1, 0.15) is 5.78 Å². The van der Waals surface area contributed by atoms with E-state index < -0.39 is 17.8 Å². The van der Waals surface area contributed by atoms with Crippen LogP contribution < -0.4 is 0 Å². The highest BCUT2D eigenvalue weighted by Crippen LogP contribution is 2.36. The van der Waals surface area contributed by atoms with E-state index in [9.17, 15) is 14.7 Å². The van der Waals surface area contributed by atoms with Crippen molar-refractivity contribution in [2.24, 2.45) is 11.8 Å². The van der Waals surface area contributed by atoms with E-state index in [2.05, 4.69) is 12.1 Å². The molecule has 1 aliphatic carbocycles. The molecule has 2 rings (SSSR count). The van der Waals surface area contributed by atoms with Crippen LogP contribution in [0.1, 0.15) is 35.1 Å². The van der Waals surface area contributed by atoms with Crippen molar-refractivity contribution in [1.82, 2.24) is 0 Å². The number of carbonyl (C=O) groups is 2. The molecule has 3 atom stereocenters. The second-order valence-corrected chi connectivity index (χ2v) is 6.34. The van der Waals surface area contributed by atoms with E-state index in [0.717, 1.165) is 16.7 Å². The number of aryl methyl sites for hydroxylation is 3. The Balaban J connectivity index is 2.25. The first-order chi connectivity index (χ1) is 10.3. The van der Waals surface area contributed by atoms with Crippen LogP contribution in [0.3, 0.4) is 0 Å². The first-order valence-electron chi connectivity index (χ1n) is 7.70. The van der Waals surface area contributed by atoms with Gasteiger partial charge in [-0.25, -0.2) is 0 Å². The minimum Gasteiger partial charge on any atom is -0.481 e. The predicted octanol–water partition coefficient (Wildman–Crippen LogP) is 2.85. The first-order valence-corrected chi connectivity index (χ1v) is 7.70. The van der Waals surface area contributed by atoms with Crippen LogP contribution in [0.2, 0.25) is 0 Å². The molecule has 0 aliphatic heterocycles. The minimum atomic E-state index is -0.893. The molecule has 1 aromatic rings. The zero-order valence-corrected chi connectivity index (χ0v) is 13.7. The molecule has 120 valence electrons. The number of ketones is 1. The number of hydrogen-bond donors (Lipinski definition) is 1. The first kappa shape index (κ1) is 16.7. The van der Waals surface area contributed by atoms with Crippen LogP contribution in [-0.2, 0) is 20.7 Å². The lowest BCUT2D eigenvalue weighted by molar-refractivity contribution is -0.147. The topological polar surface area (TPSA) is 63.6 Å². The van der Waals surface area contributed by atoms with Gasteiger partial charge in [0.15, 0.2) is 0 Å². The fourth-order valence-electron chi connectivity index (χ4n) is 3.72. The van der Waals surface area contributed by atoms with E-state index in [1.54, 1.807) is 7.11 Å². The molecular weight excluding hydrogens is 280 g/mol. The normalized spacial score (nSPS) is 24.5. The van der Waals surface area contributed by atoms with Crippen molar-refractivity contribution in [2.45, 2.75) is 46.1 Å². The van der Waals surface area contributed by atoms with Crippen LogP contribution in [0.5, 0.6) is 0 Å². The molecule has 1 saturated carbocycles. The van der Waals surface area contributed by atoms with Crippen molar-refractivity contribution in [3.05, 3.63) is 34.4 Å². The van der Waals surface area contributed by atoms with E-state index in [-0.39, 0.29) is 18.3 Å². The molecule has 22 heavy (non-hydrogen) atoms. The van der Waals surface area contributed by atoms with Crippen molar-refractivity contribution in [3.8, 4) is 0 Å². The molecule has 0 radical (unpaired) electrons. The zero-order valence-electron chi connectivity index (χ0n) is 13.7. The highest BCUT2D eigenvalue weighted by molar-refractivity contribution is 5.89. The fraction of sp³-hybridized carbons (Fsp3) is 0.556. The van der Waals surface area contributed by atoms with Gasteiger partial charge in [-0.2, -0.15) is 0 Å². The monoisotopic (exact) mass is 304 g/mol. The third-order valence-electron chi connectivity index (χ3n) is 4.78. The average Bonchev–Trinajstić information content (AvgIpc) is 2.86. The Kier molecular flexibility index (Phi) is 5.01. The summed E-state index contributed by atoms with van der Waals surface area (Å²) in [5.41, 5.74) is 4.36. The number of ether oxygens (including phenoxy) is 1. The number of aliphatic carboxylic acids is 1. The van der Waals surface area contributed by atoms with Crippen LogP contribution in [0.15, 0.2) is 12.1 Å². The molecule has 0 heterocycles. The van der Waals surface area contributed by atoms with Gasteiger partial charge in [-0.15, -0.1) is 0 Å². The van der Waals surface area contributed by atoms with Crippen LogP contribution in [0.25, 0.3) is 0 Å². The van der Waals surface area contributed by atoms with E-state index in [1.165, 1.54) is 5.56 Å². The number of Topliss-reactive ketones (excluding diaryl/α,β-unsaturated/α-hetero) is 1. The summed E-state index contributed by atoms with van der Waals surface area (Å²) in [5.74, 6) is -2.08. The molecule has 0 bridgehead atoms. The average molecular weight is 304 g/mol. The second kappa shape index (κ2) is 6.61. The summed E-state index contributed by atoms with van der Waals surface area (Å²) in [6, 6.07) is 4.12. The Morgan fingerprint density at radius 1 is 1.18 bits per heavy atom. The minimum absolute atomic E-state index is 0.0215. The lowest BCUT2D eigenvalue weighted by Gasteiger charge is -2.21. The van der Waals surface area contributed by atoms with Gasteiger partial charge < -0.3 is 9.84 Å². The summed E-state index contributed by atoms with van der Waals surface area (Å²) in [6.07, 6.45) is 1.15. The van der Waals surface area contributed by atoms with Crippen molar-refractivity contribution in [1.29, 1.82) is 0 Å². The van der Waals surface area contributed by atoms with Gasteiger partial charge >= 0.3 is 5.97 Å². The van der Waals surface area contributed by atoms with Crippen molar-refractivity contribution >= 4 is 11.8 Å².